The highest BCUT2D eigenvalue weighted by molar-refractivity contribution is 7.89. The molecule has 0 bridgehead atoms. The lowest BCUT2D eigenvalue weighted by atomic mass is 10.1. The third-order valence-corrected chi connectivity index (χ3v) is 9.59. The van der Waals surface area contributed by atoms with Crippen LogP contribution in [0.2, 0.25) is 0 Å². The number of piperidine rings is 1. The van der Waals surface area contributed by atoms with Gasteiger partial charge in [-0.1, -0.05) is 29.9 Å². The number of carbonyl (C=O) groups excluding carboxylic acids is 1. The molecule has 0 radical (unpaired) electrons. The van der Waals surface area contributed by atoms with Crippen molar-refractivity contribution in [2.75, 3.05) is 38.6 Å². The van der Waals surface area contributed by atoms with Gasteiger partial charge >= 0.3 is 0 Å². The Morgan fingerprint density at radius 1 is 1.11 bits per heavy atom. The summed E-state index contributed by atoms with van der Waals surface area (Å²) in [5.41, 5.74) is 2.44. The van der Waals surface area contributed by atoms with E-state index in [-0.39, 0.29) is 29.3 Å². The van der Waals surface area contributed by atoms with Crippen LogP contribution in [0.1, 0.15) is 48.5 Å². The van der Waals surface area contributed by atoms with Crippen LogP contribution in [-0.4, -0.2) is 68.3 Å². The predicted molar refractivity (Wildman–Crippen MR) is 150 cm³/mol. The zero-order valence-corrected chi connectivity index (χ0v) is 23.8. The molecule has 1 fully saturated rings. The minimum absolute atomic E-state index is 0. The molecule has 1 aliphatic rings. The van der Waals surface area contributed by atoms with Crippen molar-refractivity contribution in [1.29, 1.82) is 0 Å². The summed E-state index contributed by atoms with van der Waals surface area (Å²) in [5, 5.41) is 0.664. The van der Waals surface area contributed by atoms with Crippen molar-refractivity contribution < 1.29 is 13.2 Å². The Morgan fingerprint density at radius 3 is 2.47 bits per heavy atom. The summed E-state index contributed by atoms with van der Waals surface area (Å²) < 4.78 is 29.0. The SMILES string of the molecule is Cc1cccc2sc(N(CCCN(C)C)C(=O)c3ccc(S(=O)(=O)N4CCCCC4C)cc3)nc12.Cl. The van der Waals surface area contributed by atoms with Crippen LogP contribution in [0.25, 0.3) is 10.2 Å². The van der Waals surface area contributed by atoms with Crippen molar-refractivity contribution in [1.82, 2.24) is 14.2 Å². The topological polar surface area (TPSA) is 73.8 Å². The summed E-state index contributed by atoms with van der Waals surface area (Å²) in [5.74, 6) is -0.171. The Kier molecular flexibility index (Phi) is 9.51. The average Bonchev–Trinajstić information content (AvgIpc) is 3.27. The fourth-order valence-electron chi connectivity index (χ4n) is 4.51. The van der Waals surface area contributed by atoms with Crippen molar-refractivity contribution in [3.8, 4) is 0 Å². The van der Waals surface area contributed by atoms with Gasteiger partial charge in [0.15, 0.2) is 5.13 Å². The number of benzene rings is 2. The van der Waals surface area contributed by atoms with Crippen molar-refractivity contribution in [2.45, 2.75) is 50.5 Å². The highest BCUT2D eigenvalue weighted by Gasteiger charge is 2.31. The molecular weight excluding hydrogens is 516 g/mol. The van der Waals surface area contributed by atoms with Crippen LogP contribution in [0.3, 0.4) is 0 Å². The molecule has 4 rings (SSSR count). The van der Waals surface area contributed by atoms with Crippen LogP contribution in [0.4, 0.5) is 5.13 Å². The second kappa shape index (κ2) is 12.0. The first-order valence-electron chi connectivity index (χ1n) is 12.1. The Hall–Kier alpha value is -2.04. The van der Waals surface area contributed by atoms with E-state index in [1.807, 2.05) is 46.1 Å². The second-order valence-corrected chi connectivity index (χ2v) is 12.4. The lowest BCUT2D eigenvalue weighted by molar-refractivity contribution is 0.0986. The number of hydrogen-bond donors (Lipinski definition) is 0. The second-order valence-electron chi connectivity index (χ2n) is 9.52. The first kappa shape index (κ1) is 28.5. The zero-order valence-electron chi connectivity index (χ0n) is 21.3. The van der Waals surface area contributed by atoms with Gasteiger partial charge in [-0.15, -0.1) is 12.4 Å². The number of hydrogen-bond acceptors (Lipinski definition) is 6. The summed E-state index contributed by atoms with van der Waals surface area (Å²) in [6, 6.07) is 12.4. The third kappa shape index (κ3) is 6.08. The zero-order chi connectivity index (χ0) is 25.2. The van der Waals surface area contributed by atoms with Gasteiger partial charge in [0.1, 0.15) is 0 Å². The molecule has 7 nitrogen and oxygen atoms in total. The van der Waals surface area contributed by atoms with Crippen LogP contribution in [0.5, 0.6) is 0 Å². The number of thiazole rings is 1. The van der Waals surface area contributed by atoms with Gasteiger partial charge in [0.25, 0.3) is 5.91 Å². The largest absolute Gasteiger partial charge is 0.309 e. The van der Waals surface area contributed by atoms with Gasteiger partial charge < -0.3 is 4.90 Å². The summed E-state index contributed by atoms with van der Waals surface area (Å²) in [6.45, 7) is 5.90. The molecule has 0 saturated carbocycles. The number of fused-ring (bicyclic) bond motifs is 1. The number of anilines is 1. The van der Waals surface area contributed by atoms with Crippen LogP contribution in [0.15, 0.2) is 47.4 Å². The number of sulfonamides is 1. The molecule has 2 aromatic carbocycles. The Labute approximate surface area is 224 Å². The van der Waals surface area contributed by atoms with Gasteiger partial charge in [0.2, 0.25) is 10.0 Å². The van der Waals surface area contributed by atoms with E-state index in [0.717, 1.165) is 48.0 Å². The smallest absolute Gasteiger partial charge is 0.260 e. The van der Waals surface area contributed by atoms with E-state index in [9.17, 15) is 13.2 Å². The maximum absolute atomic E-state index is 13.6. The molecule has 1 amide bonds. The number of carbonyl (C=O) groups is 1. The van der Waals surface area contributed by atoms with Crippen molar-refractivity contribution in [2.24, 2.45) is 0 Å². The normalized spacial score (nSPS) is 16.8. The number of nitrogens with zero attached hydrogens (tertiary/aromatic N) is 4. The first-order valence-corrected chi connectivity index (χ1v) is 14.4. The minimum Gasteiger partial charge on any atom is -0.309 e. The number of rotatable bonds is 8. The van der Waals surface area contributed by atoms with Gasteiger partial charge in [0.05, 0.1) is 15.1 Å². The summed E-state index contributed by atoms with van der Waals surface area (Å²) in [6.07, 6.45) is 3.60. The van der Waals surface area contributed by atoms with Crippen LogP contribution >= 0.6 is 23.7 Å². The number of amides is 1. The maximum Gasteiger partial charge on any atom is 0.260 e. The molecular formula is C26H35ClN4O3S2. The standard InChI is InChI=1S/C26H34N4O3S2.ClH/c1-19-9-7-11-23-24(19)27-26(34-23)29(17-8-16-28(3)4)25(31)21-12-14-22(15-13-21)35(32,33)30-18-6-5-10-20(30)2;/h7,9,11-15,20H,5-6,8,10,16-18H2,1-4H3;1H. The number of para-hydroxylation sites is 1. The maximum atomic E-state index is 13.6. The van der Waals surface area contributed by atoms with E-state index in [4.69, 9.17) is 4.98 Å². The summed E-state index contributed by atoms with van der Waals surface area (Å²) in [4.78, 5) is 22.5. The van der Waals surface area contributed by atoms with Crippen LogP contribution in [-0.2, 0) is 10.0 Å². The number of halogens is 1. The van der Waals surface area contributed by atoms with Crippen LogP contribution in [0, 0.1) is 6.92 Å². The van der Waals surface area contributed by atoms with Gasteiger partial charge in [-0.2, -0.15) is 4.31 Å². The molecule has 3 aromatic rings. The lowest BCUT2D eigenvalue weighted by Crippen LogP contribution is -2.41. The molecule has 2 heterocycles. The molecule has 1 atom stereocenters. The van der Waals surface area contributed by atoms with E-state index in [0.29, 0.717) is 23.8 Å². The molecule has 0 N–H and O–H groups in total. The van der Waals surface area contributed by atoms with Gasteiger partial charge in [-0.3, -0.25) is 9.69 Å². The molecule has 196 valence electrons. The van der Waals surface area contributed by atoms with Gasteiger partial charge in [-0.25, -0.2) is 13.4 Å². The Balaban J connectivity index is 0.00000361. The highest BCUT2D eigenvalue weighted by atomic mass is 35.5. The van der Waals surface area contributed by atoms with Gasteiger partial charge in [-0.05, 0) is 89.6 Å². The van der Waals surface area contributed by atoms with Crippen molar-refractivity contribution >= 4 is 55.0 Å². The van der Waals surface area contributed by atoms with E-state index >= 15 is 0 Å². The highest BCUT2D eigenvalue weighted by Crippen LogP contribution is 2.32. The molecule has 0 aliphatic carbocycles. The fraction of sp³-hybridized carbons (Fsp3) is 0.462. The van der Waals surface area contributed by atoms with E-state index in [1.165, 1.54) is 11.3 Å². The quantitative estimate of drug-likeness (QED) is 0.386. The number of aryl methyl sites for hydroxylation is 1. The number of aromatic nitrogens is 1. The van der Waals surface area contributed by atoms with E-state index in [2.05, 4.69) is 4.90 Å². The molecule has 36 heavy (non-hydrogen) atoms. The lowest BCUT2D eigenvalue weighted by Gasteiger charge is -2.32. The fourth-order valence-corrected chi connectivity index (χ4v) is 7.28. The predicted octanol–water partition coefficient (Wildman–Crippen LogP) is 5.19. The molecule has 1 aliphatic heterocycles. The van der Waals surface area contributed by atoms with Crippen molar-refractivity contribution in [3.63, 3.8) is 0 Å². The Bertz CT molecular complexity index is 1290. The summed E-state index contributed by atoms with van der Waals surface area (Å²) in [7, 11) is 0.440. The van der Waals surface area contributed by atoms with E-state index in [1.54, 1.807) is 33.5 Å². The Morgan fingerprint density at radius 2 is 1.83 bits per heavy atom. The molecule has 10 heteroatoms. The third-order valence-electron chi connectivity index (χ3n) is 6.52. The summed E-state index contributed by atoms with van der Waals surface area (Å²) >= 11 is 1.51. The molecule has 0 spiro atoms. The average molecular weight is 551 g/mol. The monoisotopic (exact) mass is 550 g/mol. The molecule has 1 saturated heterocycles. The minimum atomic E-state index is -3.58. The molecule has 1 aromatic heterocycles. The van der Waals surface area contributed by atoms with Gasteiger partial charge in [0, 0.05) is 24.7 Å². The van der Waals surface area contributed by atoms with E-state index < -0.39 is 10.0 Å². The molecule has 1 unspecified atom stereocenters. The first-order chi connectivity index (χ1) is 16.7. The van der Waals surface area contributed by atoms with Crippen LogP contribution < -0.4 is 4.90 Å². The van der Waals surface area contributed by atoms with Crippen molar-refractivity contribution in [3.05, 3.63) is 53.6 Å².